The highest BCUT2D eigenvalue weighted by atomic mass is 16.5. The molecule has 0 bridgehead atoms. The third-order valence-electron chi connectivity index (χ3n) is 3.17. The summed E-state index contributed by atoms with van der Waals surface area (Å²) < 4.78 is 5.86. The lowest BCUT2D eigenvalue weighted by Gasteiger charge is -2.18. The van der Waals surface area contributed by atoms with Gasteiger partial charge in [-0.3, -0.25) is 4.98 Å². The van der Waals surface area contributed by atoms with Crippen LogP contribution in [0.4, 0.5) is 0 Å². The summed E-state index contributed by atoms with van der Waals surface area (Å²) in [5.41, 5.74) is 1.18. The zero-order chi connectivity index (χ0) is 13.9. The van der Waals surface area contributed by atoms with E-state index in [1.54, 1.807) is 0 Å². The summed E-state index contributed by atoms with van der Waals surface area (Å²) in [7, 11) is 0. The lowest BCUT2D eigenvalue weighted by atomic mass is 10.2. The van der Waals surface area contributed by atoms with Gasteiger partial charge in [0.1, 0.15) is 12.4 Å². The van der Waals surface area contributed by atoms with E-state index < -0.39 is 0 Å². The number of pyridine rings is 1. The Morgan fingerprint density at radius 2 is 2.05 bits per heavy atom. The van der Waals surface area contributed by atoms with E-state index in [0.29, 0.717) is 6.61 Å². The van der Waals surface area contributed by atoms with Crippen molar-refractivity contribution < 1.29 is 4.74 Å². The topological polar surface area (TPSA) is 37.4 Å². The van der Waals surface area contributed by atoms with Gasteiger partial charge in [0.25, 0.3) is 0 Å². The maximum Gasteiger partial charge on any atom is 0.142 e. The maximum absolute atomic E-state index is 5.86. The summed E-state index contributed by atoms with van der Waals surface area (Å²) in [4.78, 5) is 6.50. The Labute approximate surface area is 117 Å². The summed E-state index contributed by atoms with van der Waals surface area (Å²) in [6.07, 6.45) is 4.77. The fourth-order valence-corrected chi connectivity index (χ4v) is 1.91. The average molecular weight is 265 g/mol. The standard InChI is InChI=1S/C15H27N3O/c1-4-8-16-12-14-7-9-17-13-15(14)19-11-10-18(5-2)6-3/h7,9,13,16H,4-6,8,10-12H2,1-3H3. The lowest BCUT2D eigenvalue weighted by molar-refractivity contribution is 0.221. The molecule has 0 fully saturated rings. The van der Waals surface area contributed by atoms with Crippen LogP contribution < -0.4 is 10.1 Å². The first kappa shape index (κ1) is 15.9. The molecule has 0 atom stereocenters. The quantitative estimate of drug-likeness (QED) is 0.659. The van der Waals surface area contributed by atoms with Crippen LogP contribution in [-0.4, -0.2) is 42.7 Å². The van der Waals surface area contributed by atoms with Gasteiger partial charge in [0, 0.05) is 24.8 Å². The van der Waals surface area contributed by atoms with Crippen molar-refractivity contribution in [1.29, 1.82) is 0 Å². The van der Waals surface area contributed by atoms with E-state index in [4.69, 9.17) is 4.74 Å². The Hall–Kier alpha value is -1.13. The van der Waals surface area contributed by atoms with Crippen LogP contribution in [0.15, 0.2) is 18.5 Å². The monoisotopic (exact) mass is 265 g/mol. The fourth-order valence-electron chi connectivity index (χ4n) is 1.91. The van der Waals surface area contributed by atoms with Crippen molar-refractivity contribution in [2.45, 2.75) is 33.7 Å². The van der Waals surface area contributed by atoms with Crippen LogP contribution >= 0.6 is 0 Å². The number of likely N-dealkylation sites (N-methyl/N-ethyl adjacent to an activating group) is 1. The smallest absolute Gasteiger partial charge is 0.142 e. The van der Waals surface area contributed by atoms with Gasteiger partial charge in [0.15, 0.2) is 0 Å². The first-order chi connectivity index (χ1) is 9.31. The molecule has 1 aromatic rings. The largest absolute Gasteiger partial charge is 0.490 e. The van der Waals surface area contributed by atoms with Crippen molar-refractivity contribution in [3.8, 4) is 5.75 Å². The highest BCUT2D eigenvalue weighted by Gasteiger charge is 2.04. The predicted octanol–water partition coefficient (Wildman–Crippen LogP) is 2.30. The van der Waals surface area contributed by atoms with Crippen molar-refractivity contribution in [1.82, 2.24) is 15.2 Å². The Morgan fingerprint density at radius 3 is 2.74 bits per heavy atom. The molecule has 0 spiro atoms. The molecule has 1 N–H and O–H groups in total. The molecule has 1 heterocycles. The molecule has 4 nitrogen and oxygen atoms in total. The minimum Gasteiger partial charge on any atom is -0.490 e. The second-order valence-corrected chi connectivity index (χ2v) is 4.54. The molecular weight excluding hydrogens is 238 g/mol. The maximum atomic E-state index is 5.86. The van der Waals surface area contributed by atoms with Crippen molar-refractivity contribution in [3.63, 3.8) is 0 Å². The minimum absolute atomic E-state index is 0.716. The molecule has 0 saturated heterocycles. The summed E-state index contributed by atoms with van der Waals surface area (Å²) >= 11 is 0. The van der Waals surface area contributed by atoms with Crippen LogP contribution in [0.3, 0.4) is 0 Å². The van der Waals surface area contributed by atoms with E-state index in [1.165, 1.54) is 5.56 Å². The molecule has 4 heteroatoms. The predicted molar refractivity (Wildman–Crippen MR) is 79.5 cm³/mol. The van der Waals surface area contributed by atoms with Crippen LogP contribution in [0.1, 0.15) is 32.8 Å². The van der Waals surface area contributed by atoms with Crippen molar-refractivity contribution in [2.75, 3.05) is 32.8 Å². The van der Waals surface area contributed by atoms with E-state index in [9.17, 15) is 0 Å². The molecule has 0 unspecified atom stereocenters. The van der Waals surface area contributed by atoms with Gasteiger partial charge in [-0.15, -0.1) is 0 Å². The first-order valence-electron chi connectivity index (χ1n) is 7.30. The summed E-state index contributed by atoms with van der Waals surface area (Å²) in [5.74, 6) is 0.901. The molecule has 1 rings (SSSR count). The third-order valence-corrected chi connectivity index (χ3v) is 3.17. The van der Waals surface area contributed by atoms with Crippen molar-refractivity contribution in [2.24, 2.45) is 0 Å². The molecule has 0 saturated carbocycles. The molecule has 19 heavy (non-hydrogen) atoms. The number of rotatable bonds is 10. The van der Waals surface area contributed by atoms with Crippen molar-refractivity contribution >= 4 is 0 Å². The second-order valence-electron chi connectivity index (χ2n) is 4.54. The zero-order valence-electron chi connectivity index (χ0n) is 12.5. The number of nitrogens with zero attached hydrogens (tertiary/aromatic N) is 2. The van der Waals surface area contributed by atoms with E-state index in [0.717, 1.165) is 44.9 Å². The van der Waals surface area contributed by atoms with Crippen molar-refractivity contribution in [3.05, 3.63) is 24.0 Å². The Bertz CT molecular complexity index is 340. The SMILES string of the molecule is CCCNCc1ccncc1OCCN(CC)CC. The highest BCUT2D eigenvalue weighted by molar-refractivity contribution is 5.29. The second kappa shape index (κ2) is 9.75. The summed E-state index contributed by atoms with van der Waals surface area (Å²) in [5, 5.41) is 3.40. The van der Waals surface area contributed by atoms with Crippen LogP contribution in [-0.2, 0) is 6.54 Å². The molecule has 0 aliphatic rings. The average Bonchev–Trinajstić information content (AvgIpc) is 2.45. The number of nitrogens with one attached hydrogen (secondary N) is 1. The van der Waals surface area contributed by atoms with Gasteiger partial charge >= 0.3 is 0 Å². The van der Waals surface area contributed by atoms with Gasteiger partial charge < -0.3 is 15.0 Å². The number of ether oxygens (including phenoxy) is 1. The first-order valence-corrected chi connectivity index (χ1v) is 7.30. The lowest BCUT2D eigenvalue weighted by Crippen LogP contribution is -2.28. The van der Waals surface area contributed by atoms with E-state index in [-0.39, 0.29) is 0 Å². The molecule has 1 aromatic heterocycles. The van der Waals surface area contributed by atoms with Crippen LogP contribution in [0.2, 0.25) is 0 Å². The van der Waals surface area contributed by atoms with Crippen LogP contribution in [0, 0.1) is 0 Å². The van der Waals surface area contributed by atoms with Gasteiger partial charge in [-0.05, 0) is 32.1 Å². The molecule has 108 valence electrons. The highest BCUT2D eigenvalue weighted by Crippen LogP contribution is 2.16. The van der Waals surface area contributed by atoms with Gasteiger partial charge in [-0.1, -0.05) is 20.8 Å². The molecule has 0 aliphatic heterocycles. The molecule has 0 radical (unpaired) electrons. The Balaban J connectivity index is 2.43. The van der Waals surface area contributed by atoms with Gasteiger partial charge in [0.05, 0.1) is 6.20 Å². The molecule has 0 amide bonds. The Morgan fingerprint density at radius 1 is 1.26 bits per heavy atom. The van der Waals surface area contributed by atoms with Gasteiger partial charge in [-0.2, -0.15) is 0 Å². The minimum atomic E-state index is 0.716. The van der Waals surface area contributed by atoms with E-state index >= 15 is 0 Å². The molecule has 0 aliphatic carbocycles. The zero-order valence-corrected chi connectivity index (χ0v) is 12.5. The molecule has 0 aromatic carbocycles. The number of hydrogen-bond donors (Lipinski definition) is 1. The summed E-state index contributed by atoms with van der Waals surface area (Å²) in [6, 6.07) is 2.02. The van der Waals surface area contributed by atoms with E-state index in [1.807, 2.05) is 18.5 Å². The number of aromatic nitrogens is 1. The van der Waals surface area contributed by atoms with Gasteiger partial charge in [-0.25, -0.2) is 0 Å². The normalized spacial score (nSPS) is 10.9. The number of hydrogen-bond acceptors (Lipinski definition) is 4. The van der Waals surface area contributed by atoms with Crippen LogP contribution in [0.5, 0.6) is 5.75 Å². The molecular formula is C15H27N3O. The van der Waals surface area contributed by atoms with Gasteiger partial charge in [0.2, 0.25) is 0 Å². The fraction of sp³-hybridized carbons (Fsp3) is 0.667. The van der Waals surface area contributed by atoms with E-state index in [2.05, 4.69) is 36.0 Å². The third kappa shape index (κ3) is 6.03. The van der Waals surface area contributed by atoms with Crippen LogP contribution in [0.25, 0.3) is 0 Å². The summed E-state index contributed by atoms with van der Waals surface area (Å²) in [6.45, 7) is 12.2. The Kier molecular flexibility index (Phi) is 8.18.